The summed E-state index contributed by atoms with van der Waals surface area (Å²) in [5.74, 6) is 0.455. The number of aromatic nitrogens is 3. The lowest BCUT2D eigenvalue weighted by molar-refractivity contribution is 0.405. The molecule has 3 aromatic rings. The van der Waals surface area contributed by atoms with E-state index in [-0.39, 0.29) is 5.41 Å². The van der Waals surface area contributed by atoms with Gasteiger partial charge in [-0.3, -0.25) is 9.97 Å². The molecule has 0 aliphatic heterocycles. The molecule has 2 heterocycles. The number of benzene rings is 1. The largest absolute Gasteiger partial charge is 0.358 e. The fourth-order valence-electron chi connectivity index (χ4n) is 2.81. The third-order valence-corrected chi connectivity index (χ3v) is 4.36. The lowest BCUT2D eigenvalue weighted by Crippen LogP contribution is -2.10. The van der Waals surface area contributed by atoms with Crippen molar-refractivity contribution >= 4 is 22.5 Å². The van der Waals surface area contributed by atoms with E-state index in [0.717, 1.165) is 34.3 Å². The van der Waals surface area contributed by atoms with Crippen LogP contribution >= 0.6 is 11.6 Å². The number of nitrogens with one attached hydrogen (secondary N) is 1. The molecule has 126 valence electrons. The molecule has 1 N–H and O–H groups in total. The van der Waals surface area contributed by atoms with E-state index in [2.05, 4.69) is 61.7 Å². The second-order valence-corrected chi connectivity index (χ2v) is 8.34. The highest BCUT2D eigenvalue weighted by atomic mass is 35.5. The first-order chi connectivity index (χ1) is 11.2. The maximum atomic E-state index is 6.49. The summed E-state index contributed by atoms with van der Waals surface area (Å²) in [6, 6.07) is 6.23. The summed E-state index contributed by atoms with van der Waals surface area (Å²) >= 11 is 6.49. The lowest BCUT2D eigenvalue weighted by atomic mass is 9.91. The fraction of sp³-hybridized carbons (Fsp3) is 0.400. The van der Waals surface area contributed by atoms with Gasteiger partial charge in [0.2, 0.25) is 0 Å². The van der Waals surface area contributed by atoms with Crippen molar-refractivity contribution in [2.24, 2.45) is 5.41 Å². The van der Waals surface area contributed by atoms with Gasteiger partial charge in [0.1, 0.15) is 0 Å². The molecular weight excluding hydrogens is 318 g/mol. The first-order valence-electron chi connectivity index (χ1n) is 8.36. The zero-order valence-corrected chi connectivity index (χ0v) is 15.7. The number of fused-ring (bicyclic) bond motifs is 1. The molecule has 0 atom stereocenters. The molecule has 2 aromatic heterocycles. The van der Waals surface area contributed by atoms with E-state index >= 15 is 0 Å². The SMILES string of the molecule is CC(C)c1cc2cc(Cl)c(-c3cnc(CC(C)(C)C)cn3)cc2[nH]1. The van der Waals surface area contributed by atoms with Crippen LogP contribution in [0.4, 0.5) is 0 Å². The van der Waals surface area contributed by atoms with Crippen LogP contribution in [0.2, 0.25) is 5.02 Å². The highest BCUT2D eigenvalue weighted by molar-refractivity contribution is 6.34. The van der Waals surface area contributed by atoms with Gasteiger partial charge >= 0.3 is 0 Å². The average molecular weight is 342 g/mol. The first-order valence-corrected chi connectivity index (χ1v) is 8.74. The zero-order valence-electron chi connectivity index (χ0n) is 14.9. The van der Waals surface area contributed by atoms with Crippen LogP contribution < -0.4 is 0 Å². The van der Waals surface area contributed by atoms with Gasteiger partial charge in [0.15, 0.2) is 0 Å². The number of aromatic amines is 1. The van der Waals surface area contributed by atoms with Crippen molar-refractivity contribution in [1.82, 2.24) is 15.0 Å². The highest BCUT2D eigenvalue weighted by Crippen LogP contribution is 2.32. The third kappa shape index (κ3) is 3.62. The Labute approximate surface area is 148 Å². The molecule has 0 amide bonds. The minimum absolute atomic E-state index is 0.199. The number of halogens is 1. The second kappa shape index (κ2) is 6.21. The van der Waals surface area contributed by atoms with E-state index in [0.29, 0.717) is 10.9 Å². The summed E-state index contributed by atoms with van der Waals surface area (Å²) in [6.07, 6.45) is 4.58. The van der Waals surface area contributed by atoms with Gasteiger partial charge in [0.25, 0.3) is 0 Å². The summed E-state index contributed by atoms with van der Waals surface area (Å²) in [5.41, 5.74) is 5.22. The van der Waals surface area contributed by atoms with E-state index < -0.39 is 0 Å². The van der Waals surface area contributed by atoms with E-state index in [1.54, 1.807) is 0 Å². The molecule has 1 aromatic carbocycles. The molecule has 3 nitrogen and oxygen atoms in total. The second-order valence-electron chi connectivity index (χ2n) is 7.93. The highest BCUT2D eigenvalue weighted by Gasteiger charge is 2.14. The molecule has 0 saturated carbocycles. The van der Waals surface area contributed by atoms with Crippen LogP contribution in [-0.4, -0.2) is 15.0 Å². The topological polar surface area (TPSA) is 41.6 Å². The van der Waals surface area contributed by atoms with Gasteiger partial charge in [-0.05, 0) is 36.0 Å². The molecule has 0 radical (unpaired) electrons. The summed E-state index contributed by atoms with van der Waals surface area (Å²) in [4.78, 5) is 12.6. The van der Waals surface area contributed by atoms with Crippen molar-refractivity contribution in [1.29, 1.82) is 0 Å². The maximum Gasteiger partial charge on any atom is 0.0901 e. The Hall–Kier alpha value is -1.87. The van der Waals surface area contributed by atoms with Crippen molar-refractivity contribution in [2.75, 3.05) is 0 Å². The molecule has 0 aliphatic rings. The molecule has 0 spiro atoms. The Morgan fingerprint density at radius 2 is 1.83 bits per heavy atom. The number of hydrogen-bond acceptors (Lipinski definition) is 2. The molecule has 4 heteroatoms. The predicted molar refractivity (Wildman–Crippen MR) is 102 cm³/mol. The van der Waals surface area contributed by atoms with Crippen LogP contribution in [0.3, 0.4) is 0 Å². The van der Waals surface area contributed by atoms with Gasteiger partial charge in [-0.15, -0.1) is 0 Å². The van der Waals surface area contributed by atoms with Crippen molar-refractivity contribution in [3.8, 4) is 11.3 Å². The van der Waals surface area contributed by atoms with Gasteiger partial charge in [-0.1, -0.05) is 46.2 Å². The molecule has 0 fully saturated rings. The average Bonchev–Trinajstić information content (AvgIpc) is 2.89. The van der Waals surface area contributed by atoms with E-state index in [9.17, 15) is 0 Å². The van der Waals surface area contributed by atoms with E-state index in [1.807, 2.05) is 18.5 Å². The Kier molecular flexibility index (Phi) is 4.39. The molecule has 3 rings (SSSR count). The number of H-pyrrole nitrogens is 1. The lowest BCUT2D eigenvalue weighted by Gasteiger charge is -2.17. The van der Waals surface area contributed by atoms with Crippen LogP contribution in [-0.2, 0) is 6.42 Å². The number of rotatable bonds is 3. The maximum absolute atomic E-state index is 6.49. The summed E-state index contributed by atoms with van der Waals surface area (Å²) < 4.78 is 0. The van der Waals surface area contributed by atoms with E-state index in [1.165, 1.54) is 5.69 Å². The van der Waals surface area contributed by atoms with Crippen LogP contribution in [0.1, 0.15) is 51.9 Å². The number of hydrogen-bond donors (Lipinski definition) is 1. The van der Waals surface area contributed by atoms with Gasteiger partial charge in [0.05, 0.1) is 22.6 Å². The van der Waals surface area contributed by atoms with Gasteiger partial charge in [0, 0.05) is 28.4 Å². The number of nitrogens with zero attached hydrogens (tertiary/aromatic N) is 2. The minimum atomic E-state index is 0.199. The van der Waals surface area contributed by atoms with Crippen LogP contribution in [0.5, 0.6) is 0 Å². The standard InChI is InChI=1S/C20H24ClN3/c1-12(2)17-7-13-6-16(21)15(8-18(13)24-17)19-11-22-14(10-23-19)9-20(3,4)5/h6-8,10-12,24H,9H2,1-5H3. The Morgan fingerprint density at radius 1 is 1.08 bits per heavy atom. The molecule has 0 unspecified atom stereocenters. The van der Waals surface area contributed by atoms with Gasteiger partial charge in [-0.25, -0.2) is 0 Å². The fourth-order valence-corrected chi connectivity index (χ4v) is 3.08. The van der Waals surface area contributed by atoms with Crippen molar-refractivity contribution in [3.63, 3.8) is 0 Å². The third-order valence-electron chi connectivity index (χ3n) is 4.04. The molecular formula is C20H24ClN3. The molecule has 0 bridgehead atoms. The monoisotopic (exact) mass is 341 g/mol. The predicted octanol–water partition coefficient (Wildman–Crippen LogP) is 5.99. The van der Waals surface area contributed by atoms with E-state index in [4.69, 9.17) is 11.6 Å². The van der Waals surface area contributed by atoms with Crippen LogP contribution in [0, 0.1) is 5.41 Å². The molecule has 0 saturated heterocycles. The normalized spacial score (nSPS) is 12.3. The summed E-state index contributed by atoms with van der Waals surface area (Å²) in [5, 5.41) is 1.83. The molecule has 24 heavy (non-hydrogen) atoms. The quantitative estimate of drug-likeness (QED) is 0.635. The minimum Gasteiger partial charge on any atom is -0.358 e. The van der Waals surface area contributed by atoms with Crippen LogP contribution in [0.25, 0.3) is 22.2 Å². The van der Waals surface area contributed by atoms with Crippen molar-refractivity contribution < 1.29 is 0 Å². The van der Waals surface area contributed by atoms with Crippen molar-refractivity contribution in [2.45, 2.75) is 47.0 Å². The zero-order chi connectivity index (χ0) is 17.5. The van der Waals surface area contributed by atoms with Gasteiger partial charge in [-0.2, -0.15) is 0 Å². The smallest absolute Gasteiger partial charge is 0.0901 e. The van der Waals surface area contributed by atoms with Crippen LogP contribution in [0.15, 0.2) is 30.6 Å². The Balaban J connectivity index is 1.97. The summed E-state index contributed by atoms with van der Waals surface area (Å²) in [6.45, 7) is 10.9. The molecule has 0 aliphatic carbocycles. The van der Waals surface area contributed by atoms with Crippen molar-refractivity contribution in [3.05, 3.63) is 47.0 Å². The Bertz CT molecular complexity index is 855. The Morgan fingerprint density at radius 3 is 2.42 bits per heavy atom. The first kappa shape index (κ1) is 17.0. The summed E-state index contributed by atoms with van der Waals surface area (Å²) in [7, 11) is 0. The van der Waals surface area contributed by atoms with Gasteiger partial charge < -0.3 is 4.98 Å².